The van der Waals surface area contributed by atoms with Crippen molar-refractivity contribution in [2.45, 2.75) is 17.9 Å². The molecule has 1 N–H and O–H groups in total. The average molecular weight is 368 g/mol. The third-order valence-electron chi connectivity index (χ3n) is 3.62. The van der Waals surface area contributed by atoms with Crippen LogP contribution < -0.4 is 10.1 Å². The largest absolute Gasteiger partial charge is 0.495 e. The van der Waals surface area contributed by atoms with Crippen LogP contribution in [0.25, 0.3) is 0 Å². The van der Waals surface area contributed by atoms with Gasteiger partial charge in [0.15, 0.2) is 0 Å². The Morgan fingerprint density at radius 3 is 2.56 bits per heavy atom. The van der Waals surface area contributed by atoms with Gasteiger partial charge in [0.25, 0.3) is 15.9 Å². The minimum Gasteiger partial charge on any atom is -0.495 e. The Labute approximate surface area is 146 Å². The molecule has 8 nitrogen and oxygen atoms in total. The van der Waals surface area contributed by atoms with Crippen molar-refractivity contribution >= 4 is 15.9 Å². The molecule has 1 atom stereocenters. The van der Waals surface area contributed by atoms with E-state index in [-0.39, 0.29) is 22.3 Å². The summed E-state index contributed by atoms with van der Waals surface area (Å²) in [5.74, 6) is 0.261. The molecule has 2 aromatic rings. The van der Waals surface area contributed by atoms with E-state index >= 15 is 0 Å². The Kier molecular flexibility index (Phi) is 5.83. The number of amides is 1. The molecule has 9 heteroatoms. The lowest BCUT2D eigenvalue weighted by molar-refractivity contribution is -0.0259. The van der Waals surface area contributed by atoms with Gasteiger partial charge in [-0.25, -0.2) is 8.42 Å². The van der Waals surface area contributed by atoms with Crippen molar-refractivity contribution in [2.24, 2.45) is 0 Å². The number of ether oxygens (including phenoxy) is 1. The van der Waals surface area contributed by atoms with Gasteiger partial charge in [-0.15, -0.1) is 0 Å². The molecule has 1 aromatic heterocycles. The second-order valence-corrected chi connectivity index (χ2v) is 7.08. The van der Waals surface area contributed by atoms with Gasteiger partial charge in [0.05, 0.1) is 26.5 Å². The van der Waals surface area contributed by atoms with E-state index in [1.54, 1.807) is 19.1 Å². The molecular weight excluding hydrogens is 348 g/mol. The fraction of sp³-hybridized carbons (Fsp3) is 0.312. The highest BCUT2D eigenvalue weighted by molar-refractivity contribution is 7.89. The maximum absolute atomic E-state index is 12.5. The number of rotatable bonds is 7. The van der Waals surface area contributed by atoms with Crippen LogP contribution >= 0.6 is 0 Å². The quantitative estimate of drug-likeness (QED) is 0.750. The smallest absolute Gasteiger partial charge is 0.268 e. The van der Waals surface area contributed by atoms with Crippen molar-refractivity contribution in [1.82, 2.24) is 9.79 Å². The molecule has 136 valence electrons. The minimum absolute atomic E-state index is 0.111. The third-order valence-corrected chi connectivity index (χ3v) is 5.32. The van der Waals surface area contributed by atoms with E-state index in [1.807, 2.05) is 0 Å². The Hall–Kier alpha value is -2.36. The maximum Gasteiger partial charge on any atom is 0.268 e. The van der Waals surface area contributed by atoms with Gasteiger partial charge in [0, 0.05) is 12.6 Å². The van der Waals surface area contributed by atoms with Crippen LogP contribution in [-0.2, 0) is 14.9 Å². The number of hydrogen-bond acceptors (Lipinski definition) is 6. The van der Waals surface area contributed by atoms with Gasteiger partial charge in [-0.1, -0.05) is 4.47 Å². The molecule has 0 saturated carbocycles. The van der Waals surface area contributed by atoms with E-state index in [4.69, 9.17) is 14.0 Å². The molecule has 0 aliphatic carbocycles. The number of carbonyl (C=O) groups is 1. The molecule has 0 aliphatic heterocycles. The van der Waals surface area contributed by atoms with Gasteiger partial charge in [0.2, 0.25) is 0 Å². The number of carbonyl (C=O) groups excluding carboxylic acids is 1. The van der Waals surface area contributed by atoms with Gasteiger partial charge in [-0.05, 0) is 37.3 Å². The Morgan fingerprint density at radius 1 is 1.28 bits per heavy atom. The molecule has 0 fully saturated rings. The van der Waals surface area contributed by atoms with E-state index in [2.05, 4.69) is 5.32 Å². The van der Waals surface area contributed by atoms with Crippen molar-refractivity contribution in [2.75, 3.05) is 21.3 Å². The van der Waals surface area contributed by atoms with Gasteiger partial charge in [-0.3, -0.25) is 9.63 Å². The maximum atomic E-state index is 12.5. The summed E-state index contributed by atoms with van der Waals surface area (Å²) >= 11 is 0. The highest BCUT2D eigenvalue weighted by Gasteiger charge is 2.26. The fourth-order valence-electron chi connectivity index (χ4n) is 2.14. The second kappa shape index (κ2) is 7.68. The first kappa shape index (κ1) is 19.0. The predicted octanol–water partition coefficient (Wildman–Crippen LogP) is 1.96. The highest BCUT2D eigenvalue weighted by Crippen LogP contribution is 2.27. The number of hydroxylamine groups is 1. The van der Waals surface area contributed by atoms with Gasteiger partial charge in [0.1, 0.15) is 16.4 Å². The van der Waals surface area contributed by atoms with Crippen molar-refractivity contribution < 1.29 is 27.2 Å². The Balaban J connectivity index is 2.34. The molecule has 0 radical (unpaired) electrons. The normalized spacial score (nSPS) is 12.8. The van der Waals surface area contributed by atoms with E-state index in [0.717, 1.165) is 0 Å². The average Bonchev–Trinajstić information content (AvgIpc) is 3.14. The lowest BCUT2D eigenvalue weighted by Crippen LogP contribution is -2.28. The Bertz CT molecular complexity index is 832. The summed E-state index contributed by atoms with van der Waals surface area (Å²) in [6.45, 7) is 1.76. The topological polar surface area (TPSA) is 98.1 Å². The minimum atomic E-state index is -3.97. The Morgan fingerprint density at radius 2 is 2.00 bits per heavy atom. The number of benzene rings is 1. The summed E-state index contributed by atoms with van der Waals surface area (Å²) in [4.78, 5) is 17.0. The molecule has 1 amide bonds. The lowest BCUT2D eigenvalue weighted by Gasteiger charge is -2.17. The van der Waals surface area contributed by atoms with Crippen LogP contribution in [0.3, 0.4) is 0 Å². The first-order valence-corrected chi connectivity index (χ1v) is 8.80. The zero-order valence-electron chi connectivity index (χ0n) is 14.3. The number of sulfonamides is 1. The van der Waals surface area contributed by atoms with Crippen molar-refractivity contribution in [3.05, 3.63) is 47.9 Å². The third kappa shape index (κ3) is 4.01. The van der Waals surface area contributed by atoms with Crippen LogP contribution in [0, 0.1) is 0 Å². The first-order chi connectivity index (χ1) is 11.8. The van der Waals surface area contributed by atoms with Crippen LogP contribution in [0.4, 0.5) is 0 Å². The van der Waals surface area contributed by atoms with Gasteiger partial charge in [-0.2, -0.15) is 0 Å². The SMILES string of the molecule is COc1ccc(C(=O)N[C@H](C)c2ccco2)cc1S(=O)(=O)N(C)OC. The van der Waals surface area contributed by atoms with Crippen LogP contribution in [0.15, 0.2) is 45.9 Å². The molecule has 0 bridgehead atoms. The number of hydrogen-bond donors (Lipinski definition) is 1. The van der Waals surface area contributed by atoms with E-state index in [1.165, 1.54) is 45.7 Å². The van der Waals surface area contributed by atoms with E-state index in [9.17, 15) is 13.2 Å². The number of nitrogens with zero attached hydrogens (tertiary/aromatic N) is 1. The monoisotopic (exact) mass is 368 g/mol. The van der Waals surface area contributed by atoms with Crippen molar-refractivity contribution in [1.29, 1.82) is 0 Å². The van der Waals surface area contributed by atoms with Crippen molar-refractivity contribution in [3.63, 3.8) is 0 Å². The lowest BCUT2D eigenvalue weighted by atomic mass is 10.1. The summed E-state index contributed by atoms with van der Waals surface area (Å²) < 4.78 is 36.0. The summed E-state index contributed by atoms with van der Waals surface area (Å²) in [6, 6.07) is 7.23. The molecule has 2 rings (SSSR count). The van der Waals surface area contributed by atoms with Crippen LogP contribution in [0.2, 0.25) is 0 Å². The van der Waals surface area contributed by atoms with Gasteiger partial charge < -0.3 is 14.5 Å². The molecule has 0 spiro atoms. The molecule has 1 heterocycles. The van der Waals surface area contributed by atoms with Crippen molar-refractivity contribution in [3.8, 4) is 5.75 Å². The number of methoxy groups -OCH3 is 1. The molecule has 0 aliphatic rings. The van der Waals surface area contributed by atoms with E-state index < -0.39 is 15.9 Å². The standard InChI is InChI=1S/C16H20N2O6S/c1-11(13-6-5-9-24-13)17-16(19)12-7-8-14(22-3)15(10-12)25(20,21)18(2)23-4/h5-11H,1-4H3,(H,17,19)/t11-/m1/s1. The van der Waals surface area contributed by atoms with Gasteiger partial charge >= 0.3 is 0 Å². The summed E-state index contributed by atoms with van der Waals surface area (Å²) in [5.41, 5.74) is 0.169. The highest BCUT2D eigenvalue weighted by atomic mass is 32.2. The molecule has 0 saturated heterocycles. The summed E-state index contributed by atoms with van der Waals surface area (Å²) in [7, 11) is -0.147. The van der Waals surface area contributed by atoms with E-state index in [0.29, 0.717) is 10.2 Å². The summed E-state index contributed by atoms with van der Waals surface area (Å²) in [5, 5.41) is 2.74. The predicted molar refractivity (Wildman–Crippen MR) is 89.5 cm³/mol. The van der Waals surface area contributed by atoms with Crippen LogP contribution in [-0.4, -0.2) is 40.1 Å². The molecule has 1 aromatic carbocycles. The molecular formula is C16H20N2O6S. The first-order valence-electron chi connectivity index (χ1n) is 7.36. The second-order valence-electron chi connectivity index (χ2n) is 5.17. The zero-order chi connectivity index (χ0) is 18.6. The van der Waals surface area contributed by atoms with Crippen LogP contribution in [0.5, 0.6) is 5.75 Å². The summed E-state index contributed by atoms with van der Waals surface area (Å²) in [6.07, 6.45) is 1.51. The number of nitrogens with one attached hydrogen (secondary N) is 1. The fourth-order valence-corrected chi connectivity index (χ4v) is 3.30. The number of furan rings is 1. The molecule has 0 unspecified atom stereocenters. The molecule has 25 heavy (non-hydrogen) atoms. The van der Waals surface area contributed by atoms with Crippen LogP contribution in [0.1, 0.15) is 29.1 Å². The zero-order valence-corrected chi connectivity index (χ0v) is 15.2.